The van der Waals surface area contributed by atoms with Crippen LogP contribution in [0.25, 0.3) is 0 Å². The van der Waals surface area contributed by atoms with Crippen molar-refractivity contribution in [3.05, 3.63) is 59.7 Å². The van der Waals surface area contributed by atoms with Crippen LogP contribution >= 0.6 is 0 Å². The number of carbonyl (C=O) groups is 1. The Hall–Kier alpha value is -1.85. The van der Waals surface area contributed by atoms with E-state index in [1.54, 1.807) is 14.0 Å². The van der Waals surface area contributed by atoms with E-state index in [-0.39, 0.29) is 26.8 Å². The maximum atomic E-state index is 12.1. The summed E-state index contributed by atoms with van der Waals surface area (Å²) in [6.45, 7) is 2.12. The number of aliphatic hydroxyl groups is 1. The molecule has 3 atom stereocenters. The molecule has 1 aliphatic rings. The normalized spacial score (nSPS) is 22.6. The molecule has 5 nitrogen and oxygen atoms in total. The van der Waals surface area contributed by atoms with Gasteiger partial charge in [0, 0.05) is 0 Å². The van der Waals surface area contributed by atoms with Crippen LogP contribution in [0.1, 0.15) is 30.6 Å². The number of aliphatic hydroxyl groups excluding tert-OH is 1. The van der Waals surface area contributed by atoms with Gasteiger partial charge in [0.2, 0.25) is 0 Å². The molecule has 28 heavy (non-hydrogen) atoms. The van der Waals surface area contributed by atoms with Crippen molar-refractivity contribution in [1.29, 1.82) is 0 Å². The SMILES string of the molecule is COC(=O)C1COC(C[Se]c2c(OC)cccc2[C@H](C)O)(c2ccccc2)C1. The third kappa shape index (κ3) is 4.26. The van der Waals surface area contributed by atoms with Gasteiger partial charge in [-0.25, -0.2) is 0 Å². The molecule has 1 N–H and O–H groups in total. The Morgan fingerprint density at radius 1 is 1.25 bits per heavy atom. The van der Waals surface area contributed by atoms with Crippen molar-refractivity contribution in [2.45, 2.75) is 30.4 Å². The Morgan fingerprint density at radius 3 is 2.64 bits per heavy atom. The van der Waals surface area contributed by atoms with Crippen LogP contribution in [0.2, 0.25) is 5.32 Å². The van der Waals surface area contributed by atoms with E-state index >= 15 is 0 Å². The quantitative estimate of drug-likeness (QED) is 0.520. The van der Waals surface area contributed by atoms with Gasteiger partial charge in [0.15, 0.2) is 0 Å². The van der Waals surface area contributed by atoms with E-state index in [2.05, 4.69) is 0 Å². The Kier molecular flexibility index (Phi) is 6.78. The molecule has 2 aromatic rings. The summed E-state index contributed by atoms with van der Waals surface area (Å²) in [6, 6.07) is 15.8. The van der Waals surface area contributed by atoms with Gasteiger partial charge in [0.25, 0.3) is 0 Å². The number of carbonyl (C=O) groups excluding carboxylic acids is 1. The minimum atomic E-state index is -0.577. The zero-order chi connectivity index (χ0) is 20.1. The average Bonchev–Trinajstić information content (AvgIpc) is 3.17. The van der Waals surface area contributed by atoms with Gasteiger partial charge in [-0.3, -0.25) is 0 Å². The first-order valence-electron chi connectivity index (χ1n) is 9.26. The van der Waals surface area contributed by atoms with Gasteiger partial charge >= 0.3 is 172 Å². The van der Waals surface area contributed by atoms with Crippen molar-refractivity contribution in [3.8, 4) is 5.75 Å². The average molecular weight is 449 g/mol. The molecule has 0 radical (unpaired) electrons. The van der Waals surface area contributed by atoms with Crippen molar-refractivity contribution in [3.63, 3.8) is 0 Å². The first kappa shape index (κ1) is 20.9. The van der Waals surface area contributed by atoms with Crippen LogP contribution in [-0.4, -0.2) is 46.9 Å². The molecule has 1 aliphatic heterocycles. The van der Waals surface area contributed by atoms with Crippen LogP contribution in [0.4, 0.5) is 0 Å². The van der Waals surface area contributed by atoms with E-state index in [9.17, 15) is 9.90 Å². The van der Waals surface area contributed by atoms with Crippen molar-refractivity contribution >= 4 is 25.4 Å². The van der Waals surface area contributed by atoms with Crippen LogP contribution in [-0.2, 0) is 19.9 Å². The van der Waals surface area contributed by atoms with E-state index in [1.165, 1.54) is 7.11 Å². The molecule has 6 heteroatoms. The molecule has 0 aliphatic carbocycles. The summed E-state index contributed by atoms with van der Waals surface area (Å²) in [5.41, 5.74) is 1.40. The summed E-state index contributed by atoms with van der Waals surface area (Å²) in [5, 5.41) is 10.9. The minimum absolute atomic E-state index is 0.0280. The fourth-order valence-electron chi connectivity index (χ4n) is 3.59. The topological polar surface area (TPSA) is 65.0 Å². The van der Waals surface area contributed by atoms with Crippen LogP contribution in [0, 0.1) is 5.92 Å². The van der Waals surface area contributed by atoms with E-state index in [0.717, 1.165) is 26.7 Å². The first-order valence-corrected chi connectivity index (χ1v) is 11.3. The van der Waals surface area contributed by atoms with Crippen molar-refractivity contribution in [2.75, 3.05) is 20.8 Å². The standard InChI is InChI=1S/C22H26O5Se/c1-15(23)18-10-7-11-19(25-2)20(18)28-14-22(17-8-5-4-6-9-17)12-16(13-27-22)21(24)26-3/h4-11,15-16,23H,12-14H2,1-3H3/t15-,16?,22?/m0/s1. The van der Waals surface area contributed by atoms with Gasteiger partial charge in [-0.2, -0.15) is 0 Å². The van der Waals surface area contributed by atoms with Crippen LogP contribution < -0.4 is 9.20 Å². The molecule has 1 fully saturated rings. The van der Waals surface area contributed by atoms with Crippen molar-refractivity contribution in [1.82, 2.24) is 0 Å². The molecule has 1 saturated heterocycles. The zero-order valence-corrected chi connectivity index (χ0v) is 18.1. The van der Waals surface area contributed by atoms with E-state index in [4.69, 9.17) is 14.2 Å². The molecular weight excluding hydrogens is 423 g/mol. The molecule has 0 saturated carbocycles. The number of ether oxygens (including phenoxy) is 3. The van der Waals surface area contributed by atoms with Gasteiger partial charge in [-0.1, -0.05) is 0 Å². The van der Waals surface area contributed by atoms with Crippen LogP contribution in [0.15, 0.2) is 48.5 Å². The Labute approximate surface area is 172 Å². The van der Waals surface area contributed by atoms with Crippen LogP contribution in [0.3, 0.4) is 0 Å². The van der Waals surface area contributed by atoms with Gasteiger partial charge in [-0.05, 0) is 0 Å². The molecule has 150 valence electrons. The predicted molar refractivity (Wildman–Crippen MR) is 108 cm³/mol. The van der Waals surface area contributed by atoms with Gasteiger partial charge in [0.1, 0.15) is 0 Å². The first-order chi connectivity index (χ1) is 13.5. The molecule has 2 aromatic carbocycles. The summed E-state index contributed by atoms with van der Waals surface area (Å²) in [7, 11) is 3.06. The van der Waals surface area contributed by atoms with Gasteiger partial charge in [-0.15, -0.1) is 0 Å². The monoisotopic (exact) mass is 450 g/mol. The summed E-state index contributed by atoms with van der Waals surface area (Å²) in [6.07, 6.45) is 0.0110. The predicted octanol–water partition coefficient (Wildman–Crippen LogP) is 2.60. The second-order valence-corrected chi connectivity index (χ2v) is 9.01. The molecule has 0 aromatic heterocycles. The Morgan fingerprint density at radius 2 is 2.00 bits per heavy atom. The Bertz CT molecular complexity index is 808. The van der Waals surface area contributed by atoms with Crippen molar-refractivity contribution < 1.29 is 24.1 Å². The molecule has 3 rings (SSSR count). The fourth-order valence-corrected chi connectivity index (χ4v) is 6.62. The molecule has 1 heterocycles. The molecule has 0 spiro atoms. The van der Waals surface area contributed by atoms with Gasteiger partial charge in [0.05, 0.1) is 0 Å². The number of esters is 1. The summed E-state index contributed by atoms with van der Waals surface area (Å²) in [5.74, 6) is 0.284. The van der Waals surface area contributed by atoms with E-state index in [0.29, 0.717) is 13.0 Å². The number of hydrogen-bond acceptors (Lipinski definition) is 5. The van der Waals surface area contributed by atoms with Crippen LogP contribution in [0.5, 0.6) is 5.75 Å². The van der Waals surface area contributed by atoms with Gasteiger partial charge < -0.3 is 0 Å². The van der Waals surface area contributed by atoms with E-state index < -0.39 is 11.7 Å². The number of hydrogen-bond donors (Lipinski definition) is 1. The third-order valence-corrected chi connectivity index (χ3v) is 7.90. The fraction of sp³-hybridized carbons (Fsp3) is 0.409. The summed E-state index contributed by atoms with van der Waals surface area (Å²) >= 11 is -0.0280. The second-order valence-electron chi connectivity index (χ2n) is 6.94. The van der Waals surface area contributed by atoms with E-state index in [1.807, 2.05) is 48.5 Å². The second kappa shape index (κ2) is 9.10. The number of rotatable bonds is 7. The molecule has 0 amide bonds. The summed E-state index contributed by atoms with van der Waals surface area (Å²) in [4.78, 5) is 12.1. The zero-order valence-electron chi connectivity index (χ0n) is 16.4. The number of benzene rings is 2. The maximum absolute atomic E-state index is 12.1. The molecule has 0 bridgehead atoms. The van der Waals surface area contributed by atoms with Crippen molar-refractivity contribution in [2.24, 2.45) is 5.92 Å². The third-order valence-electron chi connectivity index (χ3n) is 5.10. The molecular formula is C22H26O5Se. The Balaban J connectivity index is 1.92. The number of methoxy groups -OCH3 is 2. The summed E-state index contributed by atoms with van der Waals surface area (Å²) < 4.78 is 17.8. The molecule has 2 unspecified atom stereocenters.